The molecule has 1 aliphatic heterocycles. The van der Waals surface area contributed by atoms with Gasteiger partial charge in [-0.1, -0.05) is 35.4 Å². The van der Waals surface area contributed by atoms with Crippen LogP contribution >= 0.6 is 23.2 Å². The van der Waals surface area contributed by atoms with Crippen molar-refractivity contribution in [2.75, 3.05) is 4.90 Å². The Morgan fingerprint density at radius 1 is 0.864 bits per heavy atom. The lowest BCUT2D eigenvalue weighted by atomic mass is 9.63. The van der Waals surface area contributed by atoms with E-state index in [2.05, 4.69) is 12.2 Å². The van der Waals surface area contributed by atoms with Gasteiger partial charge >= 0.3 is 0 Å². The van der Waals surface area contributed by atoms with Crippen molar-refractivity contribution in [3.63, 3.8) is 0 Å². The van der Waals surface area contributed by atoms with Gasteiger partial charge in [-0.3, -0.25) is 9.59 Å². The average molecular weight is 334 g/mol. The largest absolute Gasteiger partial charge is 0.274 e. The number of halogens is 2. The third-order valence-electron chi connectivity index (χ3n) is 5.77. The van der Waals surface area contributed by atoms with E-state index in [0.29, 0.717) is 27.6 Å². The van der Waals surface area contributed by atoms with Crippen LogP contribution in [0.25, 0.3) is 0 Å². The topological polar surface area (TPSA) is 37.4 Å². The minimum Gasteiger partial charge on any atom is -0.274 e. The molecule has 4 aliphatic carbocycles. The molecular weight excluding hydrogens is 321 g/mol. The number of amides is 2. The fourth-order valence-electron chi connectivity index (χ4n) is 4.88. The number of benzene rings is 1. The number of carbonyl (C=O) groups is 2. The third kappa shape index (κ3) is 1.53. The Hall–Kier alpha value is -1.32. The van der Waals surface area contributed by atoms with Gasteiger partial charge in [0.1, 0.15) is 0 Å². The van der Waals surface area contributed by atoms with Crippen molar-refractivity contribution >= 4 is 40.7 Å². The molecule has 3 nitrogen and oxygen atoms in total. The molecule has 1 heterocycles. The number of carbonyl (C=O) groups excluding carboxylic acids is 2. The second kappa shape index (κ2) is 4.15. The molecule has 0 spiro atoms. The molecule has 6 rings (SSSR count). The fraction of sp³-hybridized carbons (Fsp3) is 0.412. The van der Waals surface area contributed by atoms with Crippen LogP contribution in [0.3, 0.4) is 0 Å². The number of anilines is 1. The molecule has 112 valence electrons. The lowest BCUT2D eigenvalue weighted by Gasteiger charge is -2.37. The number of nitrogens with zero attached hydrogens (tertiary/aromatic N) is 1. The number of hydrogen-bond donors (Lipinski definition) is 0. The number of hydrogen-bond acceptors (Lipinski definition) is 2. The minimum absolute atomic E-state index is 0.0852. The maximum absolute atomic E-state index is 12.9. The van der Waals surface area contributed by atoms with Crippen molar-refractivity contribution < 1.29 is 9.59 Å². The van der Waals surface area contributed by atoms with Crippen molar-refractivity contribution in [2.24, 2.45) is 35.5 Å². The van der Waals surface area contributed by atoms with Crippen LogP contribution < -0.4 is 4.90 Å². The molecule has 2 bridgehead atoms. The van der Waals surface area contributed by atoms with Crippen LogP contribution in [0.1, 0.15) is 6.42 Å². The van der Waals surface area contributed by atoms with Crippen molar-refractivity contribution in [1.29, 1.82) is 0 Å². The Balaban J connectivity index is 1.60. The zero-order chi connectivity index (χ0) is 15.2. The molecule has 1 aromatic rings. The highest BCUT2D eigenvalue weighted by molar-refractivity contribution is 6.35. The van der Waals surface area contributed by atoms with E-state index in [1.54, 1.807) is 18.2 Å². The summed E-state index contributed by atoms with van der Waals surface area (Å²) in [6.45, 7) is 0. The summed E-state index contributed by atoms with van der Waals surface area (Å²) in [5, 5.41) is 0.865. The lowest BCUT2D eigenvalue weighted by molar-refractivity contribution is -0.124. The summed E-state index contributed by atoms with van der Waals surface area (Å²) in [5.74, 6) is 1.13. The number of rotatable bonds is 1. The normalized spacial score (nSPS) is 40.9. The SMILES string of the molecule is O=C1[C@@H]2[C@@H]3C=C[C@@H]([C@@H]4C[C@H]34)[C@@H]2C(=O)N1c1cc(Cl)cc(Cl)c1. The molecule has 0 radical (unpaired) electrons. The molecule has 0 unspecified atom stereocenters. The second-order valence-corrected chi connectivity index (χ2v) is 7.67. The first-order chi connectivity index (χ1) is 10.6. The second-order valence-electron chi connectivity index (χ2n) is 6.79. The number of imide groups is 1. The van der Waals surface area contributed by atoms with Crippen LogP contribution in [0.2, 0.25) is 10.0 Å². The van der Waals surface area contributed by atoms with Crippen molar-refractivity contribution in [3.8, 4) is 0 Å². The molecule has 2 amide bonds. The van der Waals surface area contributed by atoms with Gasteiger partial charge in [-0.15, -0.1) is 0 Å². The standard InChI is InChI=1S/C17H13Cl2NO2/c18-7-3-8(19)5-9(4-7)20-16(21)14-10-1-2-11(13-6-12(10)13)15(14)17(20)22/h1-5,10-15H,6H2/t10-,11+,12-,13+,14-,15+. The van der Waals surface area contributed by atoms with Gasteiger partial charge in [0.25, 0.3) is 0 Å². The molecule has 0 N–H and O–H groups in total. The van der Waals surface area contributed by atoms with Gasteiger partial charge in [0.15, 0.2) is 0 Å². The van der Waals surface area contributed by atoms with Gasteiger partial charge in [-0.05, 0) is 48.3 Å². The predicted octanol–water partition coefficient (Wildman–Crippen LogP) is 3.55. The Morgan fingerprint density at radius 2 is 1.36 bits per heavy atom. The van der Waals surface area contributed by atoms with Crippen LogP contribution in [0.4, 0.5) is 5.69 Å². The summed E-state index contributed by atoms with van der Waals surface area (Å²) in [5.41, 5.74) is 0.495. The Labute approximate surface area is 137 Å². The van der Waals surface area contributed by atoms with Crippen molar-refractivity contribution in [2.45, 2.75) is 6.42 Å². The number of allylic oxidation sites excluding steroid dienone is 2. The van der Waals surface area contributed by atoms with E-state index in [0.717, 1.165) is 0 Å². The summed E-state index contributed by atoms with van der Waals surface area (Å²) in [7, 11) is 0. The summed E-state index contributed by atoms with van der Waals surface area (Å²) in [6.07, 6.45) is 5.50. The van der Waals surface area contributed by atoms with E-state index in [4.69, 9.17) is 23.2 Å². The predicted molar refractivity (Wildman–Crippen MR) is 83.7 cm³/mol. The van der Waals surface area contributed by atoms with Gasteiger partial charge in [0.2, 0.25) is 11.8 Å². The van der Waals surface area contributed by atoms with Gasteiger partial charge in [-0.25, -0.2) is 4.90 Å². The summed E-state index contributed by atoms with van der Waals surface area (Å²) < 4.78 is 0. The Morgan fingerprint density at radius 3 is 1.86 bits per heavy atom. The van der Waals surface area contributed by atoms with Crippen LogP contribution in [0.5, 0.6) is 0 Å². The van der Waals surface area contributed by atoms with Crippen molar-refractivity contribution in [3.05, 3.63) is 40.4 Å². The molecule has 1 saturated heterocycles. The van der Waals surface area contributed by atoms with Gasteiger partial charge < -0.3 is 0 Å². The molecular formula is C17H13Cl2NO2. The summed E-state index contributed by atoms with van der Waals surface area (Å²) in [4.78, 5) is 27.1. The molecule has 1 aromatic carbocycles. The zero-order valence-corrected chi connectivity index (χ0v) is 13.1. The highest BCUT2D eigenvalue weighted by Gasteiger charge is 2.67. The van der Waals surface area contributed by atoms with Gasteiger partial charge in [0, 0.05) is 10.0 Å². The monoisotopic (exact) mass is 333 g/mol. The quantitative estimate of drug-likeness (QED) is 0.582. The molecule has 3 fully saturated rings. The average Bonchev–Trinajstić information content (AvgIpc) is 3.23. The van der Waals surface area contributed by atoms with Crippen molar-refractivity contribution in [1.82, 2.24) is 0 Å². The minimum atomic E-state index is -0.191. The van der Waals surface area contributed by atoms with E-state index in [9.17, 15) is 9.59 Å². The Kier molecular flexibility index (Phi) is 2.48. The van der Waals surface area contributed by atoms with E-state index >= 15 is 0 Å². The first-order valence-electron chi connectivity index (χ1n) is 7.58. The van der Waals surface area contributed by atoms with Crippen LogP contribution in [0, 0.1) is 35.5 Å². The Bertz CT molecular complexity index is 703. The third-order valence-corrected chi connectivity index (χ3v) is 6.20. The zero-order valence-electron chi connectivity index (χ0n) is 11.6. The first kappa shape index (κ1) is 13.1. The lowest BCUT2D eigenvalue weighted by Crippen LogP contribution is -2.40. The van der Waals surface area contributed by atoms with Crippen LogP contribution in [-0.2, 0) is 9.59 Å². The molecule has 22 heavy (non-hydrogen) atoms. The van der Waals surface area contributed by atoms with Crippen LogP contribution in [-0.4, -0.2) is 11.8 Å². The van der Waals surface area contributed by atoms with Gasteiger partial charge in [0.05, 0.1) is 17.5 Å². The summed E-state index contributed by atoms with van der Waals surface area (Å²) >= 11 is 12.1. The first-order valence-corrected chi connectivity index (χ1v) is 8.34. The van der Waals surface area contributed by atoms with Crippen LogP contribution in [0.15, 0.2) is 30.4 Å². The van der Waals surface area contributed by atoms with Gasteiger partial charge in [-0.2, -0.15) is 0 Å². The van der Waals surface area contributed by atoms with E-state index in [-0.39, 0.29) is 35.5 Å². The molecule has 5 aliphatic rings. The fourth-order valence-corrected chi connectivity index (χ4v) is 5.39. The van der Waals surface area contributed by atoms with E-state index in [1.165, 1.54) is 11.3 Å². The summed E-state index contributed by atoms with van der Waals surface area (Å²) in [6, 6.07) is 4.87. The maximum Gasteiger partial charge on any atom is 0.238 e. The molecule has 5 heteroatoms. The molecule has 2 saturated carbocycles. The molecule has 6 atom stereocenters. The smallest absolute Gasteiger partial charge is 0.238 e. The molecule has 0 aromatic heterocycles. The maximum atomic E-state index is 12.9. The highest BCUT2D eigenvalue weighted by atomic mass is 35.5. The highest BCUT2D eigenvalue weighted by Crippen LogP contribution is 2.65. The van der Waals surface area contributed by atoms with E-state index < -0.39 is 0 Å². The van der Waals surface area contributed by atoms with E-state index in [1.807, 2.05) is 0 Å².